The Morgan fingerprint density at radius 2 is 1.96 bits per heavy atom. The fourth-order valence-electron chi connectivity index (χ4n) is 2.30. The lowest BCUT2D eigenvalue weighted by molar-refractivity contribution is -0.385. The van der Waals surface area contributed by atoms with Crippen LogP contribution in [0.15, 0.2) is 12.4 Å². The van der Waals surface area contributed by atoms with E-state index in [1.807, 2.05) is 32.6 Å². The fourth-order valence-corrected chi connectivity index (χ4v) is 2.30. The van der Waals surface area contributed by atoms with E-state index in [2.05, 4.69) is 9.97 Å². The smallest absolute Gasteiger partial charge is 0.410 e. The van der Waals surface area contributed by atoms with Crippen molar-refractivity contribution in [2.45, 2.75) is 39.3 Å². The molecular formula is C14H21N5O4. The summed E-state index contributed by atoms with van der Waals surface area (Å²) in [5.41, 5.74) is -0.673. The van der Waals surface area contributed by atoms with Crippen molar-refractivity contribution in [3.8, 4) is 0 Å². The Morgan fingerprint density at radius 3 is 2.43 bits per heavy atom. The molecule has 0 spiro atoms. The third-order valence-electron chi connectivity index (χ3n) is 3.37. The molecule has 0 N–H and O–H groups in total. The number of piperazine rings is 1. The van der Waals surface area contributed by atoms with Crippen molar-refractivity contribution < 1.29 is 14.5 Å². The minimum atomic E-state index is -0.534. The van der Waals surface area contributed by atoms with Crippen LogP contribution in [0.3, 0.4) is 0 Å². The van der Waals surface area contributed by atoms with Crippen LogP contribution in [0.2, 0.25) is 0 Å². The SMILES string of the molecule is C[C@H]1CN(C(=O)OC(C)(C)C)CCN1c1ncc([N+](=O)[O-])cn1. The predicted molar refractivity (Wildman–Crippen MR) is 83.3 cm³/mol. The lowest BCUT2D eigenvalue weighted by Gasteiger charge is -2.40. The van der Waals surface area contributed by atoms with Crippen molar-refractivity contribution in [3.05, 3.63) is 22.5 Å². The molecule has 1 fully saturated rings. The van der Waals surface area contributed by atoms with Crippen LogP contribution in [0, 0.1) is 10.1 Å². The highest BCUT2D eigenvalue weighted by atomic mass is 16.6. The van der Waals surface area contributed by atoms with Crippen LogP contribution < -0.4 is 4.90 Å². The van der Waals surface area contributed by atoms with Gasteiger partial charge in [0.15, 0.2) is 0 Å². The van der Waals surface area contributed by atoms with E-state index in [0.717, 1.165) is 0 Å². The van der Waals surface area contributed by atoms with E-state index in [-0.39, 0.29) is 17.8 Å². The number of hydrogen-bond acceptors (Lipinski definition) is 7. The molecule has 1 amide bonds. The van der Waals surface area contributed by atoms with E-state index < -0.39 is 10.5 Å². The zero-order valence-electron chi connectivity index (χ0n) is 13.7. The Labute approximate surface area is 134 Å². The summed E-state index contributed by atoms with van der Waals surface area (Å²) in [6.45, 7) is 8.94. The van der Waals surface area contributed by atoms with Gasteiger partial charge in [-0.05, 0) is 27.7 Å². The number of ether oxygens (including phenoxy) is 1. The summed E-state index contributed by atoms with van der Waals surface area (Å²) >= 11 is 0. The highest BCUT2D eigenvalue weighted by Gasteiger charge is 2.31. The van der Waals surface area contributed by atoms with Crippen molar-refractivity contribution in [1.29, 1.82) is 0 Å². The summed E-state index contributed by atoms with van der Waals surface area (Å²) in [5, 5.41) is 10.6. The minimum absolute atomic E-state index is 0.0160. The van der Waals surface area contributed by atoms with Crippen LogP contribution in [0.25, 0.3) is 0 Å². The fraction of sp³-hybridized carbons (Fsp3) is 0.643. The molecule has 2 rings (SSSR count). The molecule has 0 aliphatic carbocycles. The van der Waals surface area contributed by atoms with Gasteiger partial charge in [-0.3, -0.25) is 10.1 Å². The number of aromatic nitrogens is 2. The van der Waals surface area contributed by atoms with Gasteiger partial charge in [0, 0.05) is 25.7 Å². The van der Waals surface area contributed by atoms with Crippen molar-refractivity contribution in [2.24, 2.45) is 0 Å². The van der Waals surface area contributed by atoms with E-state index in [1.54, 1.807) is 4.90 Å². The Balaban J connectivity index is 2.01. The van der Waals surface area contributed by atoms with Crippen LogP contribution in [0.5, 0.6) is 0 Å². The molecule has 2 heterocycles. The molecule has 1 aliphatic heterocycles. The summed E-state index contributed by atoms with van der Waals surface area (Å²) in [7, 11) is 0. The molecule has 0 bridgehead atoms. The molecule has 23 heavy (non-hydrogen) atoms. The van der Waals surface area contributed by atoms with Crippen LogP contribution in [0.4, 0.5) is 16.4 Å². The first-order valence-electron chi connectivity index (χ1n) is 7.38. The minimum Gasteiger partial charge on any atom is -0.444 e. The zero-order chi connectivity index (χ0) is 17.2. The molecule has 9 nitrogen and oxygen atoms in total. The average Bonchev–Trinajstić information content (AvgIpc) is 2.45. The van der Waals surface area contributed by atoms with Crippen LogP contribution in [-0.4, -0.2) is 57.2 Å². The molecule has 1 atom stereocenters. The Bertz CT molecular complexity index is 584. The number of anilines is 1. The molecule has 0 unspecified atom stereocenters. The maximum atomic E-state index is 12.1. The van der Waals surface area contributed by atoms with Gasteiger partial charge >= 0.3 is 11.8 Å². The van der Waals surface area contributed by atoms with E-state index >= 15 is 0 Å². The largest absolute Gasteiger partial charge is 0.444 e. The van der Waals surface area contributed by atoms with Crippen molar-refractivity contribution in [3.63, 3.8) is 0 Å². The van der Waals surface area contributed by atoms with E-state index in [0.29, 0.717) is 25.6 Å². The van der Waals surface area contributed by atoms with Crippen molar-refractivity contribution in [1.82, 2.24) is 14.9 Å². The van der Waals surface area contributed by atoms with Gasteiger partial charge in [-0.1, -0.05) is 0 Å². The Morgan fingerprint density at radius 1 is 1.35 bits per heavy atom. The normalized spacial score (nSPS) is 18.7. The monoisotopic (exact) mass is 323 g/mol. The van der Waals surface area contributed by atoms with Gasteiger partial charge in [0.1, 0.15) is 18.0 Å². The van der Waals surface area contributed by atoms with Crippen LogP contribution in [-0.2, 0) is 4.74 Å². The third-order valence-corrected chi connectivity index (χ3v) is 3.37. The molecule has 0 saturated carbocycles. The molecule has 0 aromatic carbocycles. The number of rotatable bonds is 2. The first kappa shape index (κ1) is 16.9. The number of nitro groups is 1. The highest BCUT2D eigenvalue weighted by Crippen LogP contribution is 2.19. The lowest BCUT2D eigenvalue weighted by Crippen LogP contribution is -2.55. The van der Waals surface area contributed by atoms with Gasteiger partial charge < -0.3 is 14.5 Å². The van der Waals surface area contributed by atoms with Gasteiger partial charge in [0.2, 0.25) is 5.95 Å². The molecule has 126 valence electrons. The third kappa shape index (κ3) is 4.27. The Hall–Kier alpha value is -2.45. The summed E-state index contributed by atoms with van der Waals surface area (Å²) < 4.78 is 5.37. The molecule has 1 saturated heterocycles. The van der Waals surface area contributed by atoms with E-state index in [9.17, 15) is 14.9 Å². The summed E-state index contributed by atoms with van der Waals surface area (Å²) in [6.07, 6.45) is 2.04. The van der Waals surface area contributed by atoms with Gasteiger partial charge in [0.25, 0.3) is 0 Å². The molecule has 1 aromatic heterocycles. The second-order valence-corrected chi connectivity index (χ2v) is 6.47. The second-order valence-electron chi connectivity index (χ2n) is 6.47. The molecular weight excluding hydrogens is 302 g/mol. The van der Waals surface area contributed by atoms with Crippen molar-refractivity contribution >= 4 is 17.7 Å². The second kappa shape index (κ2) is 6.35. The number of nitrogens with zero attached hydrogens (tertiary/aromatic N) is 5. The topological polar surface area (TPSA) is 102 Å². The average molecular weight is 323 g/mol. The standard InChI is InChI=1S/C14H21N5O4/c1-10-9-17(13(20)23-14(2,3)4)5-6-18(10)12-15-7-11(8-16-12)19(21)22/h7-8,10H,5-6,9H2,1-4H3/t10-/m0/s1. The van der Waals surface area contributed by atoms with Gasteiger partial charge in [-0.15, -0.1) is 0 Å². The highest BCUT2D eigenvalue weighted by molar-refractivity contribution is 5.68. The summed E-state index contributed by atoms with van der Waals surface area (Å²) in [6, 6.07) is -0.0160. The van der Waals surface area contributed by atoms with Gasteiger partial charge in [-0.2, -0.15) is 0 Å². The summed E-state index contributed by atoms with van der Waals surface area (Å²) in [5.74, 6) is 0.423. The molecule has 9 heteroatoms. The lowest BCUT2D eigenvalue weighted by atomic mass is 10.2. The van der Waals surface area contributed by atoms with Crippen LogP contribution in [0.1, 0.15) is 27.7 Å². The van der Waals surface area contributed by atoms with Crippen molar-refractivity contribution in [2.75, 3.05) is 24.5 Å². The molecule has 1 aromatic rings. The van der Waals surface area contributed by atoms with E-state index in [4.69, 9.17) is 4.74 Å². The summed E-state index contributed by atoms with van der Waals surface area (Å²) in [4.78, 5) is 33.9. The quantitative estimate of drug-likeness (QED) is 0.604. The first-order valence-corrected chi connectivity index (χ1v) is 7.38. The predicted octanol–water partition coefficient (Wildman–Crippen LogP) is 1.83. The first-order chi connectivity index (χ1) is 10.7. The van der Waals surface area contributed by atoms with E-state index in [1.165, 1.54) is 12.4 Å². The van der Waals surface area contributed by atoms with Gasteiger partial charge in [-0.25, -0.2) is 14.8 Å². The Kier molecular flexibility index (Phi) is 4.67. The number of amides is 1. The maximum absolute atomic E-state index is 12.1. The maximum Gasteiger partial charge on any atom is 0.410 e. The van der Waals surface area contributed by atoms with Crippen LogP contribution >= 0.6 is 0 Å². The number of carbonyl (C=O) groups is 1. The molecule has 0 radical (unpaired) electrons. The molecule has 1 aliphatic rings. The number of hydrogen-bond donors (Lipinski definition) is 0. The zero-order valence-corrected chi connectivity index (χ0v) is 13.7. The number of carbonyl (C=O) groups excluding carboxylic acids is 1. The van der Waals surface area contributed by atoms with Gasteiger partial charge in [0.05, 0.1) is 4.92 Å².